The van der Waals surface area contributed by atoms with E-state index in [4.69, 9.17) is 28.9 Å². The van der Waals surface area contributed by atoms with Gasteiger partial charge in [-0.05, 0) is 39.8 Å². The van der Waals surface area contributed by atoms with Crippen LogP contribution in [0.25, 0.3) is 21.8 Å². The van der Waals surface area contributed by atoms with Crippen LogP contribution in [0.3, 0.4) is 0 Å². The Labute approximate surface area is 165 Å². The molecular formula is C22H28N2O4. The summed E-state index contributed by atoms with van der Waals surface area (Å²) >= 11 is 0. The molecule has 150 valence electrons. The highest BCUT2D eigenvalue weighted by atomic mass is 16.5. The number of rotatable bonds is 10. The fourth-order valence-corrected chi connectivity index (χ4v) is 3.10. The zero-order valence-electron chi connectivity index (χ0n) is 17.1. The van der Waals surface area contributed by atoms with Gasteiger partial charge in [0.25, 0.3) is 0 Å². The highest BCUT2D eigenvalue weighted by Crippen LogP contribution is 2.34. The summed E-state index contributed by atoms with van der Waals surface area (Å²) in [7, 11) is 0. The second-order valence-corrected chi connectivity index (χ2v) is 6.47. The maximum atomic E-state index is 5.96. The highest BCUT2D eigenvalue weighted by molar-refractivity contribution is 6.07. The van der Waals surface area contributed by atoms with Crippen molar-refractivity contribution in [2.45, 2.75) is 27.7 Å². The van der Waals surface area contributed by atoms with Crippen molar-refractivity contribution in [1.29, 1.82) is 0 Å². The van der Waals surface area contributed by atoms with Gasteiger partial charge in [-0.15, -0.1) is 0 Å². The molecule has 0 saturated heterocycles. The fourth-order valence-electron chi connectivity index (χ4n) is 3.10. The number of hydrogen-bond donors (Lipinski definition) is 0. The van der Waals surface area contributed by atoms with Gasteiger partial charge in [0.1, 0.15) is 35.7 Å². The van der Waals surface area contributed by atoms with E-state index >= 15 is 0 Å². The Kier molecular flexibility index (Phi) is 7.01. The SMILES string of the molecule is CCOCCOc1cc(C)nc2c1ccc1c(OCCOCC)cc(C)nc12. The fraction of sp³-hybridized carbons (Fsp3) is 0.455. The van der Waals surface area contributed by atoms with Crippen LogP contribution in [0.5, 0.6) is 11.5 Å². The molecule has 2 aromatic heterocycles. The largest absolute Gasteiger partial charge is 0.490 e. The molecule has 0 spiro atoms. The van der Waals surface area contributed by atoms with Crippen LogP contribution in [0.15, 0.2) is 24.3 Å². The predicted octanol–water partition coefficient (Wildman–Crippen LogP) is 4.23. The Morgan fingerprint density at radius 3 is 1.50 bits per heavy atom. The predicted molar refractivity (Wildman–Crippen MR) is 110 cm³/mol. The van der Waals surface area contributed by atoms with Gasteiger partial charge in [-0.2, -0.15) is 0 Å². The van der Waals surface area contributed by atoms with Gasteiger partial charge in [-0.3, -0.25) is 9.97 Å². The molecule has 0 atom stereocenters. The van der Waals surface area contributed by atoms with E-state index < -0.39 is 0 Å². The van der Waals surface area contributed by atoms with E-state index in [0.29, 0.717) is 39.6 Å². The molecule has 6 nitrogen and oxygen atoms in total. The molecule has 0 aliphatic rings. The van der Waals surface area contributed by atoms with Crippen molar-refractivity contribution >= 4 is 21.8 Å². The summed E-state index contributed by atoms with van der Waals surface area (Å²) in [6.45, 7) is 11.3. The minimum absolute atomic E-state index is 0.497. The van der Waals surface area contributed by atoms with Gasteiger partial charge in [-0.25, -0.2) is 0 Å². The lowest BCUT2D eigenvalue weighted by Gasteiger charge is -2.14. The van der Waals surface area contributed by atoms with E-state index in [-0.39, 0.29) is 0 Å². The van der Waals surface area contributed by atoms with E-state index in [0.717, 1.165) is 44.7 Å². The minimum atomic E-state index is 0.497. The third-order valence-electron chi connectivity index (χ3n) is 4.32. The first-order chi connectivity index (χ1) is 13.6. The van der Waals surface area contributed by atoms with Crippen molar-refractivity contribution in [2.75, 3.05) is 39.6 Å². The smallest absolute Gasteiger partial charge is 0.130 e. The first kappa shape index (κ1) is 20.3. The quantitative estimate of drug-likeness (QED) is 0.385. The summed E-state index contributed by atoms with van der Waals surface area (Å²) in [6, 6.07) is 7.95. The maximum Gasteiger partial charge on any atom is 0.130 e. The first-order valence-corrected chi connectivity index (χ1v) is 9.76. The van der Waals surface area contributed by atoms with E-state index in [9.17, 15) is 0 Å². The van der Waals surface area contributed by atoms with Gasteiger partial charge >= 0.3 is 0 Å². The molecule has 6 heteroatoms. The number of ether oxygens (including phenoxy) is 4. The zero-order chi connectivity index (χ0) is 19.9. The Morgan fingerprint density at radius 1 is 0.679 bits per heavy atom. The number of fused-ring (bicyclic) bond motifs is 3. The Hall–Kier alpha value is -2.44. The van der Waals surface area contributed by atoms with Gasteiger partial charge in [0.05, 0.1) is 13.2 Å². The highest BCUT2D eigenvalue weighted by Gasteiger charge is 2.14. The van der Waals surface area contributed by atoms with E-state index in [1.165, 1.54) is 0 Å². The number of benzene rings is 1. The van der Waals surface area contributed by atoms with Crippen LogP contribution in [0, 0.1) is 13.8 Å². The lowest BCUT2D eigenvalue weighted by Crippen LogP contribution is -2.08. The van der Waals surface area contributed by atoms with Crippen LogP contribution >= 0.6 is 0 Å². The molecule has 0 aliphatic carbocycles. The molecule has 0 fully saturated rings. The van der Waals surface area contributed by atoms with E-state index in [1.54, 1.807) is 0 Å². The molecule has 0 unspecified atom stereocenters. The van der Waals surface area contributed by atoms with Crippen LogP contribution in [0.2, 0.25) is 0 Å². The maximum absolute atomic E-state index is 5.96. The molecule has 0 bridgehead atoms. The Morgan fingerprint density at radius 2 is 1.11 bits per heavy atom. The average molecular weight is 384 g/mol. The normalized spacial score (nSPS) is 11.3. The van der Waals surface area contributed by atoms with Crippen molar-refractivity contribution in [3.63, 3.8) is 0 Å². The molecule has 1 aromatic carbocycles. The zero-order valence-corrected chi connectivity index (χ0v) is 17.1. The second kappa shape index (κ2) is 9.66. The molecule has 3 rings (SSSR count). The second-order valence-electron chi connectivity index (χ2n) is 6.47. The summed E-state index contributed by atoms with van der Waals surface area (Å²) in [6.07, 6.45) is 0. The molecule has 0 amide bonds. The Balaban J connectivity index is 2.00. The van der Waals surface area contributed by atoms with Gasteiger partial charge in [0.15, 0.2) is 0 Å². The monoisotopic (exact) mass is 384 g/mol. The lowest BCUT2D eigenvalue weighted by atomic mass is 10.1. The molecule has 28 heavy (non-hydrogen) atoms. The molecule has 0 saturated carbocycles. The van der Waals surface area contributed by atoms with E-state index in [1.807, 2.05) is 52.0 Å². The van der Waals surface area contributed by atoms with Crippen LogP contribution in [-0.2, 0) is 9.47 Å². The molecular weight excluding hydrogens is 356 g/mol. The van der Waals surface area contributed by atoms with E-state index in [2.05, 4.69) is 0 Å². The van der Waals surface area contributed by atoms with Gasteiger partial charge in [0, 0.05) is 47.5 Å². The summed E-state index contributed by atoms with van der Waals surface area (Å²) < 4.78 is 22.7. The number of nitrogens with zero attached hydrogens (tertiary/aromatic N) is 2. The molecule has 0 radical (unpaired) electrons. The van der Waals surface area contributed by atoms with Gasteiger partial charge < -0.3 is 18.9 Å². The standard InChI is InChI=1S/C22H28N2O4/c1-5-25-9-11-27-19-13-15(3)23-21-17(19)7-8-18-20(28-12-10-26-6-2)14-16(4)24-22(18)21/h7-8,13-14H,5-6,9-12H2,1-4H3. The van der Waals surface area contributed by atoms with Crippen LogP contribution in [0.1, 0.15) is 25.2 Å². The molecule has 0 N–H and O–H groups in total. The first-order valence-electron chi connectivity index (χ1n) is 9.76. The number of aromatic nitrogens is 2. The lowest BCUT2D eigenvalue weighted by molar-refractivity contribution is 0.110. The minimum Gasteiger partial charge on any atom is -0.490 e. The van der Waals surface area contributed by atoms with Crippen molar-refractivity contribution in [1.82, 2.24) is 9.97 Å². The number of pyridine rings is 2. The summed E-state index contributed by atoms with van der Waals surface area (Å²) in [5.41, 5.74) is 3.41. The van der Waals surface area contributed by atoms with Crippen LogP contribution < -0.4 is 9.47 Å². The number of aryl methyl sites for hydroxylation is 2. The third kappa shape index (κ3) is 4.69. The number of hydrogen-bond acceptors (Lipinski definition) is 6. The molecule has 2 heterocycles. The topological polar surface area (TPSA) is 62.7 Å². The summed E-state index contributed by atoms with van der Waals surface area (Å²) in [4.78, 5) is 9.49. The third-order valence-corrected chi connectivity index (χ3v) is 4.32. The van der Waals surface area contributed by atoms with Crippen molar-refractivity contribution in [3.05, 3.63) is 35.7 Å². The average Bonchev–Trinajstić information content (AvgIpc) is 2.68. The summed E-state index contributed by atoms with van der Waals surface area (Å²) in [5, 5.41) is 1.88. The van der Waals surface area contributed by atoms with Gasteiger partial charge in [0.2, 0.25) is 0 Å². The van der Waals surface area contributed by atoms with Gasteiger partial charge in [-0.1, -0.05) is 0 Å². The molecule has 0 aliphatic heterocycles. The van der Waals surface area contributed by atoms with Crippen molar-refractivity contribution < 1.29 is 18.9 Å². The van der Waals surface area contributed by atoms with Crippen molar-refractivity contribution in [3.8, 4) is 11.5 Å². The van der Waals surface area contributed by atoms with Crippen LogP contribution in [0.4, 0.5) is 0 Å². The summed E-state index contributed by atoms with van der Waals surface area (Å²) in [5.74, 6) is 1.59. The van der Waals surface area contributed by atoms with Crippen LogP contribution in [-0.4, -0.2) is 49.6 Å². The van der Waals surface area contributed by atoms with Crippen molar-refractivity contribution in [2.24, 2.45) is 0 Å². The Bertz CT molecular complexity index is 866. The molecule has 3 aromatic rings.